The van der Waals surface area contributed by atoms with E-state index in [4.69, 9.17) is 9.47 Å². The number of aliphatic hydroxyl groups is 1. The third-order valence-electron chi connectivity index (χ3n) is 13.8. The average molecular weight is 1100 g/mol. The molecule has 0 aromatic rings. The Bertz CT molecular complexity index is 1730. The Morgan fingerprint density at radius 2 is 0.537 bits per heavy atom. The van der Waals surface area contributed by atoms with Crippen molar-refractivity contribution in [2.24, 2.45) is 0 Å². The molecule has 0 bridgehead atoms. The number of rotatable bonds is 59. The van der Waals surface area contributed by atoms with Gasteiger partial charge in [0, 0.05) is 12.8 Å². The maximum Gasteiger partial charge on any atom is 0.306 e. The molecule has 452 valence electrons. The summed E-state index contributed by atoms with van der Waals surface area (Å²) >= 11 is 0. The number of carbonyl (C=O) groups is 2. The fourth-order valence-electron chi connectivity index (χ4n) is 8.89. The number of hydrogen-bond acceptors (Lipinski definition) is 5. The van der Waals surface area contributed by atoms with Crippen molar-refractivity contribution in [3.05, 3.63) is 158 Å². The largest absolute Gasteiger partial charge is 0.462 e. The molecule has 1 atom stereocenters. The molecule has 0 spiro atoms. The molecule has 0 radical (unpaired) electrons. The molecule has 0 heterocycles. The standard InChI is InChI=1S/C75H122O5/c1-3-5-7-9-11-13-15-17-19-21-23-25-27-29-31-33-35-37-39-41-43-45-47-49-51-53-55-57-59-61-63-65-67-69-74(77)79-72-73(71-76)80-75(78)70-68-66-64-62-60-58-56-54-52-50-48-46-44-42-40-38-36-34-32-30-28-26-24-22-20-18-16-14-12-10-8-6-4-2/h6,8,12,14-15,17-18,20-21,23-24,26-27,29-30,32,36,38,42,44,48,50,54,56,60,62,73,76H,3-5,7,9-11,13,16,19,22,25,28,31,33-35,37,39-41,43,45-47,49,51-53,55,57-59,61,63-72H2,1-2H3/b8-6-,14-12-,17-15-,20-18-,23-21-,26-24-,29-27-,32-30-,38-36-,44-42-,50-48-,56-54-,62-60-. The zero-order valence-corrected chi connectivity index (χ0v) is 51.8. The molecule has 0 aromatic carbocycles. The van der Waals surface area contributed by atoms with Gasteiger partial charge in [-0.15, -0.1) is 0 Å². The minimum absolute atomic E-state index is 0.0918. The minimum atomic E-state index is -0.808. The predicted molar refractivity (Wildman–Crippen MR) is 352 cm³/mol. The van der Waals surface area contributed by atoms with Gasteiger partial charge in [0.2, 0.25) is 0 Å². The molecule has 0 fully saturated rings. The Kier molecular flexibility index (Phi) is 64.9. The molecule has 1 unspecified atom stereocenters. The molecule has 80 heavy (non-hydrogen) atoms. The molecule has 5 heteroatoms. The van der Waals surface area contributed by atoms with Crippen LogP contribution in [0.1, 0.15) is 284 Å². The number of aliphatic hydroxyl groups excluding tert-OH is 1. The third kappa shape index (κ3) is 66.0. The average Bonchev–Trinajstić information content (AvgIpc) is 3.46. The van der Waals surface area contributed by atoms with E-state index in [9.17, 15) is 14.7 Å². The maximum atomic E-state index is 12.3. The van der Waals surface area contributed by atoms with Gasteiger partial charge in [-0.2, -0.15) is 0 Å². The van der Waals surface area contributed by atoms with E-state index in [1.165, 1.54) is 141 Å². The third-order valence-corrected chi connectivity index (χ3v) is 13.8. The Hall–Kier alpha value is -4.48. The summed E-state index contributed by atoms with van der Waals surface area (Å²) in [6.07, 6.45) is 105. The van der Waals surface area contributed by atoms with Crippen LogP contribution in [0.15, 0.2) is 158 Å². The van der Waals surface area contributed by atoms with Crippen LogP contribution in [0.2, 0.25) is 0 Å². The van der Waals surface area contributed by atoms with Crippen molar-refractivity contribution in [1.29, 1.82) is 0 Å². The van der Waals surface area contributed by atoms with Gasteiger partial charge >= 0.3 is 11.9 Å². The van der Waals surface area contributed by atoms with Crippen molar-refractivity contribution in [3.8, 4) is 0 Å². The van der Waals surface area contributed by atoms with E-state index < -0.39 is 6.10 Å². The first-order valence-electron chi connectivity index (χ1n) is 33.0. The second-order valence-electron chi connectivity index (χ2n) is 21.5. The van der Waals surface area contributed by atoms with Gasteiger partial charge < -0.3 is 14.6 Å². The van der Waals surface area contributed by atoms with Crippen molar-refractivity contribution in [2.45, 2.75) is 290 Å². The molecule has 1 N–H and O–H groups in total. The summed E-state index contributed by atoms with van der Waals surface area (Å²) in [5.74, 6) is -0.645. The van der Waals surface area contributed by atoms with Gasteiger partial charge in [-0.3, -0.25) is 9.59 Å². The molecule has 5 nitrogen and oxygen atoms in total. The van der Waals surface area contributed by atoms with Crippen LogP contribution < -0.4 is 0 Å². The van der Waals surface area contributed by atoms with Gasteiger partial charge in [-0.25, -0.2) is 0 Å². The number of carbonyl (C=O) groups excluding carboxylic acids is 2. The fraction of sp³-hybridized carbons (Fsp3) is 0.627. The van der Waals surface area contributed by atoms with Crippen LogP contribution in [0.25, 0.3) is 0 Å². The quantitative estimate of drug-likeness (QED) is 0.0373. The number of esters is 2. The van der Waals surface area contributed by atoms with Crippen LogP contribution in [-0.2, 0) is 19.1 Å². The van der Waals surface area contributed by atoms with Gasteiger partial charge in [0.15, 0.2) is 6.10 Å². The summed E-state index contributed by atoms with van der Waals surface area (Å²) in [7, 11) is 0. The lowest BCUT2D eigenvalue weighted by molar-refractivity contribution is -0.161. The first kappa shape index (κ1) is 75.5. The van der Waals surface area contributed by atoms with Crippen LogP contribution >= 0.6 is 0 Å². The highest BCUT2D eigenvalue weighted by molar-refractivity contribution is 5.70. The van der Waals surface area contributed by atoms with Gasteiger partial charge in [-0.1, -0.05) is 300 Å². The first-order valence-corrected chi connectivity index (χ1v) is 33.0. The molecular formula is C75H122O5. The number of hydrogen-bond donors (Lipinski definition) is 1. The molecule has 0 saturated heterocycles. The molecule has 0 aliphatic carbocycles. The van der Waals surface area contributed by atoms with Crippen molar-refractivity contribution < 1.29 is 24.2 Å². The molecule has 0 aromatic heterocycles. The lowest BCUT2D eigenvalue weighted by Gasteiger charge is -2.15. The second-order valence-corrected chi connectivity index (χ2v) is 21.5. The van der Waals surface area contributed by atoms with Crippen LogP contribution in [0.4, 0.5) is 0 Å². The highest BCUT2D eigenvalue weighted by Crippen LogP contribution is 2.16. The number of allylic oxidation sites excluding steroid dienone is 26. The summed E-state index contributed by atoms with van der Waals surface area (Å²) in [5.41, 5.74) is 0. The lowest BCUT2D eigenvalue weighted by Crippen LogP contribution is -2.28. The Balaban J connectivity index is 3.60. The summed E-state index contributed by atoms with van der Waals surface area (Å²) in [6, 6.07) is 0. The normalized spacial score (nSPS) is 13.3. The number of unbranched alkanes of at least 4 members (excludes halogenated alkanes) is 25. The molecule has 0 rings (SSSR count). The Labute approximate surface area is 494 Å². The molecule has 0 amide bonds. The molecular weight excluding hydrogens is 981 g/mol. The van der Waals surface area contributed by atoms with Crippen molar-refractivity contribution in [1.82, 2.24) is 0 Å². The van der Waals surface area contributed by atoms with Gasteiger partial charge in [0.25, 0.3) is 0 Å². The summed E-state index contributed by atoms with van der Waals surface area (Å²) in [4.78, 5) is 24.6. The maximum absolute atomic E-state index is 12.3. The van der Waals surface area contributed by atoms with Gasteiger partial charge in [0.05, 0.1) is 6.61 Å². The summed E-state index contributed by atoms with van der Waals surface area (Å²) in [5, 5.41) is 9.68. The fourth-order valence-corrected chi connectivity index (χ4v) is 8.89. The highest BCUT2D eigenvalue weighted by Gasteiger charge is 2.16. The molecule has 0 saturated carbocycles. The van der Waals surface area contributed by atoms with Crippen molar-refractivity contribution >= 4 is 11.9 Å². The van der Waals surface area contributed by atoms with Crippen molar-refractivity contribution in [2.75, 3.05) is 13.2 Å². The van der Waals surface area contributed by atoms with Crippen LogP contribution in [0.3, 0.4) is 0 Å². The van der Waals surface area contributed by atoms with E-state index in [2.05, 4.69) is 172 Å². The van der Waals surface area contributed by atoms with E-state index in [1.807, 2.05) is 0 Å². The number of ether oxygens (including phenoxy) is 2. The second kappa shape index (κ2) is 68.8. The monoisotopic (exact) mass is 1100 g/mol. The smallest absolute Gasteiger partial charge is 0.306 e. The Morgan fingerprint density at radius 1 is 0.300 bits per heavy atom. The highest BCUT2D eigenvalue weighted by atomic mass is 16.6. The van der Waals surface area contributed by atoms with Crippen LogP contribution in [0.5, 0.6) is 0 Å². The molecule has 0 aliphatic rings. The van der Waals surface area contributed by atoms with Crippen molar-refractivity contribution in [3.63, 3.8) is 0 Å². The van der Waals surface area contributed by atoms with E-state index in [-0.39, 0.29) is 25.2 Å². The van der Waals surface area contributed by atoms with Gasteiger partial charge in [0.1, 0.15) is 6.61 Å². The SMILES string of the molecule is CC/C=C\C/C=C\C/C=C\C/C=C\C/C=C\C/C=C\C/C=C\C/C=C\C/C=C\C/C=C\CCCCC(=O)OC(CO)COC(=O)CCCCCCCCCCCCCCCCCCCC/C=C\C/C=C\C/C=C\CCCCCCC. The Morgan fingerprint density at radius 3 is 0.838 bits per heavy atom. The zero-order valence-electron chi connectivity index (χ0n) is 51.8. The zero-order chi connectivity index (χ0) is 57.6. The lowest BCUT2D eigenvalue weighted by atomic mass is 10.0. The predicted octanol–water partition coefficient (Wildman–Crippen LogP) is 23.1. The molecule has 0 aliphatic heterocycles. The van der Waals surface area contributed by atoms with E-state index in [0.717, 1.165) is 109 Å². The van der Waals surface area contributed by atoms with Crippen LogP contribution in [0, 0.1) is 0 Å². The summed E-state index contributed by atoms with van der Waals surface area (Å²) < 4.78 is 10.7. The topological polar surface area (TPSA) is 72.8 Å². The first-order chi connectivity index (χ1) is 39.6. The van der Waals surface area contributed by atoms with Crippen LogP contribution in [-0.4, -0.2) is 36.4 Å². The van der Waals surface area contributed by atoms with Gasteiger partial charge in [-0.05, 0) is 128 Å². The summed E-state index contributed by atoms with van der Waals surface area (Å²) in [6.45, 7) is 3.99. The van der Waals surface area contributed by atoms with E-state index in [1.54, 1.807) is 0 Å². The van der Waals surface area contributed by atoms with E-state index >= 15 is 0 Å². The minimum Gasteiger partial charge on any atom is -0.462 e. The van der Waals surface area contributed by atoms with E-state index in [0.29, 0.717) is 19.3 Å².